The van der Waals surface area contributed by atoms with Crippen molar-refractivity contribution in [3.63, 3.8) is 0 Å². The van der Waals surface area contributed by atoms with E-state index < -0.39 is 0 Å². The first-order chi connectivity index (χ1) is 10.2. The van der Waals surface area contributed by atoms with Crippen LogP contribution in [0.5, 0.6) is 11.5 Å². The van der Waals surface area contributed by atoms with Crippen LogP contribution in [0.25, 0.3) is 0 Å². The lowest BCUT2D eigenvalue weighted by Gasteiger charge is -2.09. The van der Waals surface area contributed by atoms with E-state index in [0.29, 0.717) is 23.0 Å². The molecule has 0 saturated carbocycles. The maximum absolute atomic E-state index is 12.2. The Kier molecular flexibility index (Phi) is 4.55. The minimum Gasteiger partial charge on any atom is -0.497 e. The number of nitrogens with zero attached hydrogens (tertiary/aromatic N) is 2. The van der Waals surface area contributed by atoms with E-state index in [2.05, 4.69) is 20.6 Å². The number of hydrogen-bond acceptors (Lipinski definition) is 6. The third-order valence-corrected chi connectivity index (χ3v) is 2.73. The third kappa shape index (κ3) is 3.59. The smallest absolute Gasteiger partial charge is 0.275 e. The molecule has 0 spiro atoms. The van der Waals surface area contributed by atoms with Gasteiger partial charge in [0, 0.05) is 30.9 Å². The van der Waals surface area contributed by atoms with Crippen LogP contribution < -0.4 is 20.1 Å². The van der Waals surface area contributed by atoms with Crippen LogP contribution in [-0.4, -0.2) is 37.1 Å². The Morgan fingerprint density at radius 3 is 2.33 bits per heavy atom. The first-order valence-corrected chi connectivity index (χ1v) is 6.20. The zero-order chi connectivity index (χ0) is 15.2. The lowest BCUT2D eigenvalue weighted by molar-refractivity contribution is 0.102. The predicted octanol–water partition coefficient (Wildman–Crippen LogP) is 1.79. The highest BCUT2D eigenvalue weighted by Crippen LogP contribution is 2.26. The zero-order valence-electron chi connectivity index (χ0n) is 12.0. The van der Waals surface area contributed by atoms with Crippen molar-refractivity contribution in [1.82, 2.24) is 9.97 Å². The molecule has 2 aromatic rings. The predicted molar refractivity (Wildman–Crippen MR) is 79.1 cm³/mol. The lowest BCUT2D eigenvalue weighted by Crippen LogP contribution is -2.15. The molecule has 0 unspecified atom stereocenters. The Balaban J connectivity index is 2.22. The van der Waals surface area contributed by atoms with E-state index in [-0.39, 0.29) is 11.6 Å². The summed E-state index contributed by atoms with van der Waals surface area (Å²) in [4.78, 5) is 20.2. The summed E-state index contributed by atoms with van der Waals surface area (Å²) in [6.07, 6.45) is 2.93. The fraction of sp³-hybridized carbons (Fsp3) is 0.214. The third-order valence-electron chi connectivity index (χ3n) is 2.73. The number of anilines is 2. The number of rotatable bonds is 5. The van der Waals surface area contributed by atoms with Gasteiger partial charge < -0.3 is 20.1 Å². The Morgan fingerprint density at radius 2 is 1.76 bits per heavy atom. The number of amides is 1. The maximum Gasteiger partial charge on any atom is 0.275 e. The highest BCUT2D eigenvalue weighted by molar-refractivity contribution is 6.03. The molecule has 0 radical (unpaired) electrons. The minimum absolute atomic E-state index is 0.212. The van der Waals surface area contributed by atoms with Crippen LogP contribution in [0, 0.1) is 0 Å². The van der Waals surface area contributed by atoms with Crippen molar-refractivity contribution in [3.05, 3.63) is 36.3 Å². The Morgan fingerprint density at radius 1 is 1.10 bits per heavy atom. The average Bonchev–Trinajstić information content (AvgIpc) is 2.54. The summed E-state index contributed by atoms with van der Waals surface area (Å²) in [6.45, 7) is 0. The van der Waals surface area contributed by atoms with Crippen LogP contribution in [0.2, 0.25) is 0 Å². The average molecular weight is 288 g/mol. The van der Waals surface area contributed by atoms with Crippen molar-refractivity contribution >= 4 is 17.4 Å². The van der Waals surface area contributed by atoms with Crippen LogP contribution in [0.15, 0.2) is 30.6 Å². The van der Waals surface area contributed by atoms with E-state index in [9.17, 15) is 4.79 Å². The van der Waals surface area contributed by atoms with E-state index in [4.69, 9.17) is 9.47 Å². The van der Waals surface area contributed by atoms with Crippen LogP contribution in [0.3, 0.4) is 0 Å². The number of carbonyl (C=O) groups excluding carboxylic acids is 1. The van der Waals surface area contributed by atoms with Crippen LogP contribution >= 0.6 is 0 Å². The van der Waals surface area contributed by atoms with Gasteiger partial charge in [0.1, 0.15) is 23.0 Å². The lowest BCUT2D eigenvalue weighted by atomic mass is 10.2. The summed E-state index contributed by atoms with van der Waals surface area (Å²) < 4.78 is 10.3. The highest BCUT2D eigenvalue weighted by Gasteiger charge is 2.10. The minimum atomic E-state index is -0.366. The van der Waals surface area contributed by atoms with Crippen molar-refractivity contribution in [1.29, 1.82) is 0 Å². The van der Waals surface area contributed by atoms with Crippen molar-refractivity contribution in [2.75, 3.05) is 31.9 Å². The van der Waals surface area contributed by atoms with Gasteiger partial charge in [0.25, 0.3) is 5.91 Å². The Labute approximate surface area is 122 Å². The van der Waals surface area contributed by atoms with Gasteiger partial charge in [-0.05, 0) is 0 Å². The molecule has 1 amide bonds. The molecule has 2 rings (SSSR count). The van der Waals surface area contributed by atoms with Gasteiger partial charge >= 0.3 is 0 Å². The molecule has 1 aromatic carbocycles. The molecule has 0 aliphatic heterocycles. The SMILES string of the molecule is CNc1cncc(C(=O)Nc2cc(OC)cc(OC)c2)n1. The molecule has 0 aliphatic carbocycles. The van der Waals surface area contributed by atoms with E-state index in [0.717, 1.165) is 0 Å². The van der Waals surface area contributed by atoms with Crippen molar-refractivity contribution in [2.24, 2.45) is 0 Å². The Hall–Kier alpha value is -2.83. The van der Waals surface area contributed by atoms with Gasteiger partial charge in [-0.3, -0.25) is 9.78 Å². The Bertz CT molecular complexity index is 624. The maximum atomic E-state index is 12.2. The number of nitrogens with one attached hydrogen (secondary N) is 2. The van der Waals surface area contributed by atoms with Gasteiger partial charge in [0.05, 0.1) is 26.6 Å². The van der Waals surface area contributed by atoms with Gasteiger partial charge in [-0.15, -0.1) is 0 Å². The van der Waals surface area contributed by atoms with E-state index in [1.54, 1.807) is 39.5 Å². The van der Waals surface area contributed by atoms with E-state index in [1.165, 1.54) is 12.4 Å². The van der Waals surface area contributed by atoms with Gasteiger partial charge in [0.2, 0.25) is 0 Å². The molecule has 110 valence electrons. The fourth-order valence-electron chi connectivity index (χ4n) is 1.67. The molecule has 0 fully saturated rings. The van der Waals surface area contributed by atoms with Gasteiger partial charge in [-0.2, -0.15) is 0 Å². The van der Waals surface area contributed by atoms with Crippen molar-refractivity contribution in [3.8, 4) is 11.5 Å². The standard InChI is InChI=1S/C14H16N4O3/c1-15-13-8-16-7-12(18-13)14(19)17-9-4-10(20-2)6-11(5-9)21-3/h4-8H,1-3H3,(H,15,18)(H,17,19). The molecule has 0 atom stereocenters. The normalized spacial score (nSPS) is 9.86. The summed E-state index contributed by atoms with van der Waals surface area (Å²) >= 11 is 0. The number of benzene rings is 1. The topological polar surface area (TPSA) is 85.4 Å². The van der Waals surface area contributed by atoms with Gasteiger partial charge in [-0.25, -0.2) is 4.98 Å². The van der Waals surface area contributed by atoms with Crippen LogP contribution in [0.4, 0.5) is 11.5 Å². The monoisotopic (exact) mass is 288 g/mol. The molecular weight excluding hydrogens is 272 g/mol. The number of aromatic nitrogens is 2. The first-order valence-electron chi connectivity index (χ1n) is 6.20. The second kappa shape index (κ2) is 6.56. The number of ether oxygens (including phenoxy) is 2. The fourth-order valence-corrected chi connectivity index (χ4v) is 1.67. The molecular formula is C14H16N4O3. The van der Waals surface area contributed by atoms with Crippen molar-refractivity contribution < 1.29 is 14.3 Å². The van der Waals surface area contributed by atoms with Crippen LogP contribution in [-0.2, 0) is 0 Å². The van der Waals surface area contributed by atoms with E-state index in [1.807, 2.05) is 0 Å². The van der Waals surface area contributed by atoms with Gasteiger partial charge in [-0.1, -0.05) is 0 Å². The van der Waals surface area contributed by atoms with Gasteiger partial charge in [0.15, 0.2) is 0 Å². The summed E-state index contributed by atoms with van der Waals surface area (Å²) in [5, 5.41) is 5.56. The summed E-state index contributed by atoms with van der Waals surface area (Å²) in [6, 6.07) is 5.10. The molecule has 2 N–H and O–H groups in total. The summed E-state index contributed by atoms with van der Waals surface area (Å²) in [5.74, 6) is 1.32. The molecule has 7 nitrogen and oxygen atoms in total. The first kappa shape index (κ1) is 14.6. The zero-order valence-corrected chi connectivity index (χ0v) is 12.0. The second-order valence-corrected chi connectivity index (χ2v) is 4.10. The number of methoxy groups -OCH3 is 2. The van der Waals surface area contributed by atoms with Crippen molar-refractivity contribution in [2.45, 2.75) is 0 Å². The summed E-state index contributed by atoms with van der Waals surface area (Å²) in [5.41, 5.74) is 0.761. The molecule has 0 aliphatic rings. The quantitative estimate of drug-likeness (QED) is 0.872. The molecule has 0 bridgehead atoms. The second-order valence-electron chi connectivity index (χ2n) is 4.10. The molecule has 1 heterocycles. The number of carbonyl (C=O) groups is 1. The van der Waals surface area contributed by atoms with Crippen LogP contribution in [0.1, 0.15) is 10.5 Å². The molecule has 7 heteroatoms. The highest BCUT2D eigenvalue weighted by atomic mass is 16.5. The largest absolute Gasteiger partial charge is 0.497 e. The molecule has 1 aromatic heterocycles. The molecule has 0 saturated heterocycles. The number of hydrogen-bond donors (Lipinski definition) is 2. The van der Waals surface area contributed by atoms with E-state index >= 15 is 0 Å². The summed E-state index contributed by atoms with van der Waals surface area (Å²) in [7, 11) is 4.79. The molecule has 21 heavy (non-hydrogen) atoms.